The normalized spacial score (nSPS) is 11.8. The van der Waals surface area contributed by atoms with Crippen LogP contribution in [0.25, 0.3) is 11.3 Å². The van der Waals surface area contributed by atoms with Gasteiger partial charge in [-0.15, -0.1) is 0 Å². The van der Waals surface area contributed by atoms with Gasteiger partial charge in [-0.05, 0) is 41.0 Å². The second kappa shape index (κ2) is 9.13. The van der Waals surface area contributed by atoms with E-state index in [9.17, 15) is 14.0 Å². The summed E-state index contributed by atoms with van der Waals surface area (Å²) in [6.07, 6.45) is -0.486. The molecule has 0 saturated carbocycles. The third-order valence-electron chi connectivity index (χ3n) is 5.62. The van der Waals surface area contributed by atoms with Crippen LogP contribution in [0.15, 0.2) is 48.5 Å². The standard InChI is InChI=1S/C24H24FN3O4/c1-26-23(29)31-13-19-20(14-32-24(30)27-2)22(15-7-9-18(25)10-8-15)28-12-17-6-4-3-5-16(17)11-21(19)28/h3-10H,11-14H2,1-2H3,(H,26,29)(H,27,30). The molecule has 1 aliphatic rings. The Labute approximate surface area is 185 Å². The summed E-state index contributed by atoms with van der Waals surface area (Å²) in [4.78, 5) is 23.7. The fourth-order valence-corrected chi connectivity index (χ4v) is 4.07. The van der Waals surface area contributed by atoms with Crippen LogP contribution < -0.4 is 10.6 Å². The Balaban J connectivity index is 1.87. The summed E-state index contributed by atoms with van der Waals surface area (Å²) in [6, 6.07) is 14.3. The molecule has 0 atom stereocenters. The van der Waals surface area contributed by atoms with E-state index < -0.39 is 12.2 Å². The fraction of sp³-hybridized carbons (Fsp3) is 0.250. The zero-order valence-electron chi connectivity index (χ0n) is 17.9. The fourth-order valence-electron chi connectivity index (χ4n) is 4.07. The lowest BCUT2D eigenvalue weighted by molar-refractivity contribution is 0.134. The summed E-state index contributed by atoms with van der Waals surface area (Å²) in [7, 11) is 2.98. The predicted octanol–water partition coefficient (Wildman–Crippen LogP) is 3.96. The van der Waals surface area contributed by atoms with Crippen molar-refractivity contribution in [1.29, 1.82) is 0 Å². The average molecular weight is 437 g/mol. The second-order valence-electron chi connectivity index (χ2n) is 7.44. The number of carbonyl (C=O) groups is 2. The SMILES string of the molecule is CNC(=O)OCc1c(COC(=O)NC)c(-c2ccc(F)cc2)n2c1Cc1ccccc1C2. The highest BCUT2D eigenvalue weighted by Crippen LogP contribution is 2.38. The van der Waals surface area contributed by atoms with Crippen molar-refractivity contribution < 1.29 is 23.5 Å². The number of rotatable bonds is 5. The van der Waals surface area contributed by atoms with Gasteiger partial charge in [-0.2, -0.15) is 0 Å². The third kappa shape index (κ3) is 4.16. The molecule has 0 bridgehead atoms. The number of nitrogens with zero attached hydrogens (tertiary/aromatic N) is 1. The number of alkyl carbamates (subject to hydrolysis) is 2. The number of aromatic nitrogens is 1. The van der Waals surface area contributed by atoms with Crippen LogP contribution in [0.2, 0.25) is 0 Å². The topological polar surface area (TPSA) is 81.6 Å². The molecule has 4 rings (SSSR count). The van der Waals surface area contributed by atoms with Crippen molar-refractivity contribution >= 4 is 12.2 Å². The van der Waals surface area contributed by atoms with Crippen LogP contribution in [-0.2, 0) is 35.7 Å². The largest absolute Gasteiger partial charge is 0.445 e. The summed E-state index contributed by atoms with van der Waals surface area (Å²) in [5, 5.41) is 4.89. The quantitative estimate of drug-likeness (QED) is 0.495. The molecular formula is C24H24FN3O4. The molecule has 8 heteroatoms. The van der Waals surface area contributed by atoms with Crippen molar-refractivity contribution in [2.75, 3.05) is 14.1 Å². The Morgan fingerprint density at radius 2 is 1.50 bits per heavy atom. The average Bonchev–Trinajstić information content (AvgIpc) is 3.11. The molecule has 32 heavy (non-hydrogen) atoms. The molecule has 1 aliphatic heterocycles. The van der Waals surface area contributed by atoms with Gasteiger partial charge in [-0.25, -0.2) is 14.0 Å². The van der Waals surface area contributed by atoms with Gasteiger partial charge < -0.3 is 24.7 Å². The molecule has 2 N–H and O–H groups in total. The van der Waals surface area contributed by atoms with E-state index in [1.165, 1.54) is 37.4 Å². The van der Waals surface area contributed by atoms with Crippen LogP contribution >= 0.6 is 0 Å². The number of ether oxygens (including phenoxy) is 2. The molecule has 0 unspecified atom stereocenters. The van der Waals surface area contributed by atoms with Gasteiger partial charge in [0.05, 0.1) is 5.69 Å². The van der Waals surface area contributed by atoms with Crippen LogP contribution in [-0.4, -0.2) is 30.8 Å². The zero-order chi connectivity index (χ0) is 22.7. The predicted molar refractivity (Wildman–Crippen MR) is 117 cm³/mol. The molecule has 2 aromatic carbocycles. The van der Waals surface area contributed by atoms with E-state index >= 15 is 0 Å². The van der Waals surface area contributed by atoms with Crippen molar-refractivity contribution in [3.05, 3.63) is 82.3 Å². The molecule has 0 fully saturated rings. The van der Waals surface area contributed by atoms with Gasteiger partial charge >= 0.3 is 12.2 Å². The van der Waals surface area contributed by atoms with E-state index in [2.05, 4.69) is 27.3 Å². The number of fused-ring (bicyclic) bond motifs is 2. The first-order valence-electron chi connectivity index (χ1n) is 10.3. The Morgan fingerprint density at radius 3 is 2.12 bits per heavy atom. The van der Waals surface area contributed by atoms with Gasteiger partial charge in [0, 0.05) is 43.9 Å². The molecule has 2 heterocycles. The first-order valence-corrected chi connectivity index (χ1v) is 10.3. The number of amides is 2. The highest BCUT2D eigenvalue weighted by atomic mass is 19.1. The van der Waals surface area contributed by atoms with Crippen molar-refractivity contribution in [2.24, 2.45) is 0 Å². The Kier molecular flexibility index (Phi) is 6.11. The zero-order valence-corrected chi connectivity index (χ0v) is 17.9. The van der Waals surface area contributed by atoms with Crippen LogP contribution in [0.1, 0.15) is 27.9 Å². The van der Waals surface area contributed by atoms with Gasteiger partial charge in [-0.3, -0.25) is 0 Å². The van der Waals surface area contributed by atoms with Crippen LogP contribution in [0, 0.1) is 5.82 Å². The Bertz CT molecular complexity index is 1150. The molecule has 0 radical (unpaired) electrons. The van der Waals surface area contributed by atoms with Crippen LogP contribution in [0.4, 0.5) is 14.0 Å². The smallest absolute Gasteiger partial charge is 0.407 e. The maximum Gasteiger partial charge on any atom is 0.407 e. The van der Waals surface area contributed by atoms with E-state index in [0.717, 1.165) is 28.1 Å². The number of hydrogen-bond acceptors (Lipinski definition) is 4. The van der Waals surface area contributed by atoms with Crippen molar-refractivity contribution in [1.82, 2.24) is 15.2 Å². The molecule has 7 nitrogen and oxygen atoms in total. The molecule has 0 saturated heterocycles. The first kappa shape index (κ1) is 21.4. The van der Waals surface area contributed by atoms with Crippen LogP contribution in [0.5, 0.6) is 0 Å². The summed E-state index contributed by atoms with van der Waals surface area (Å²) >= 11 is 0. The minimum atomic E-state index is -0.569. The maximum absolute atomic E-state index is 13.6. The van der Waals surface area contributed by atoms with Crippen molar-refractivity contribution in [2.45, 2.75) is 26.2 Å². The molecule has 0 spiro atoms. The van der Waals surface area contributed by atoms with E-state index in [-0.39, 0.29) is 19.0 Å². The van der Waals surface area contributed by atoms with Gasteiger partial charge in [0.15, 0.2) is 0 Å². The first-order chi connectivity index (χ1) is 15.5. The van der Waals surface area contributed by atoms with E-state index in [0.29, 0.717) is 13.0 Å². The second-order valence-corrected chi connectivity index (χ2v) is 7.44. The summed E-state index contributed by atoms with van der Waals surface area (Å²) < 4.78 is 26.6. The van der Waals surface area contributed by atoms with Gasteiger partial charge in [0.1, 0.15) is 19.0 Å². The number of nitrogens with one attached hydrogen (secondary N) is 2. The van der Waals surface area contributed by atoms with E-state index in [1.807, 2.05) is 12.1 Å². The van der Waals surface area contributed by atoms with E-state index in [4.69, 9.17) is 9.47 Å². The molecule has 166 valence electrons. The van der Waals surface area contributed by atoms with Crippen molar-refractivity contribution in [3.63, 3.8) is 0 Å². The lowest BCUT2D eigenvalue weighted by Crippen LogP contribution is -2.21. The Hall–Kier alpha value is -3.81. The van der Waals surface area contributed by atoms with Crippen molar-refractivity contribution in [3.8, 4) is 11.3 Å². The molecule has 1 aromatic heterocycles. The highest BCUT2D eigenvalue weighted by molar-refractivity contribution is 5.71. The van der Waals surface area contributed by atoms with Gasteiger partial charge in [0.2, 0.25) is 0 Å². The Morgan fingerprint density at radius 1 is 0.906 bits per heavy atom. The minimum absolute atomic E-state index is 0.0187. The summed E-state index contributed by atoms with van der Waals surface area (Å²) in [5.41, 5.74) is 6.45. The molecule has 0 aliphatic carbocycles. The number of carbonyl (C=O) groups excluding carboxylic acids is 2. The summed E-state index contributed by atoms with van der Waals surface area (Å²) in [6.45, 7) is 0.602. The molecular weight excluding hydrogens is 413 g/mol. The summed E-state index contributed by atoms with van der Waals surface area (Å²) in [5.74, 6) is -0.337. The highest BCUT2D eigenvalue weighted by Gasteiger charge is 2.28. The molecule has 3 aromatic rings. The third-order valence-corrected chi connectivity index (χ3v) is 5.62. The van der Waals surface area contributed by atoms with Gasteiger partial charge in [0.25, 0.3) is 0 Å². The molecule has 2 amide bonds. The number of halogens is 1. The maximum atomic E-state index is 13.6. The number of hydrogen-bond donors (Lipinski definition) is 2. The van der Waals surface area contributed by atoms with Gasteiger partial charge in [-0.1, -0.05) is 24.3 Å². The van der Waals surface area contributed by atoms with Crippen LogP contribution in [0.3, 0.4) is 0 Å². The monoisotopic (exact) mass is 437 g/mol. The minimum Gasteiger partial charge on any atom is -0.445 e. The lowest BCUT2D eigenvalue weighted by atomic mass is 9.97. The van der Waals surface area contributed by atoms with E-state index in [1.54, 1.807) is 12.1 Å². The lowest BCUT2D eigenvalue weighted by Gasteiger charge is -2.22. The number of benzene rings is 2.